The predicted octanol–water partition coefficient (Wildman–Crippen LogP) is 1.05. The van der Waals surface area contributed by atoms with E-state index in [1.807, 2.05) is 13.0 Å². The van der Waals surface area contributed by atoms with Crippen LogP contribution in [0.4, 0.5) is 0 Å². The van der Waals surface area contributed by atoms with Gasteiger partial charge in [0.05, 0.1) is 12.4 Å². The zero-order valence-corrected chi connectivity index (χ0v) is 13.9. The first kappa shape index (κ1) is 16.1. The fraction of sp³-hybridized carbons (Fsp3) is 0.643. The van der Waals surface area contributed by atoms with Gasteiger partial charge in [-0.1, -0.05) is 19.3 Å². The maximum Gasteiger partial charge on any atom is 0.236 e. The molecule has 1 saturated carbocycles. The summed E-state index contributed by atoms with van der Waals surface area (Å²) < 4.78 is 30.5. The van der Waals surface area contributed by atoms with Gasteiger partial charge in [-0.05, 0) is 25.8 Å². The number of sulfonamides is 1. The zero-order chi connectivity index (χ0) is 16.5. The number of aryl methyl sites for hydroxylation is 1. The molecule has 8 nitrogen and oxygen atoms in total. The molecule has 9 heteroatoms. The van der Waals surface area contributed by atoms with E-state index in [9.17, 15) is 8.42 Å². The summed E-state index contributed by atoms with van der Waals surface area (Å²) in [5, 5.41) is 13.6. The summed E-state index contributed by atoms with van der Waals surface area (Å²) in [6, 6.07) is 1.84. The van der Waals surface area contributed by atoms with E-state index in [-0.39, 0.29) is 12.4 Å². The number of primary sulfonamides is 1. The van der Waals surface area contributed by atoms with E-state index in [1.165, 1.54) is 11.0 Å². The van der Waals surface area contributed by atoms with Crippen molar-refractivity contribution in [2.45, 2.75) is 39.0 Å². The van der Waals surface area contributed by atoms with E-state index in [4.69, 9.17) is 9.88 Å². The van der Waals surface area contributed by atoms with Gasteiger partial charge in [0, 0.05) is 11.0 Å². The summed E-state index contributed by atoms with van der Waals surface area (Å²) in [5.41, 5.74) is 1.05. The summed E-state index contributed by atoms with van der Waals surface area (Å²) in [7, 11) is -3.55. The Morgan fingerprint density at radius 1 is 1.35 bits per heavy atom. The molecule has 0 spiro atoms. The van der Waals surface area contributed by atoms with Crippen molar-refractivity contribution in [2.24, 2.45) is 10.6 Å². The monoisotopic (exact) mass is 339 g/mol. The molecule has 23 heavy (non-hydrogen) atoms. The SMILES string of the molecule is Cc1cc2ncnn2nc1OCC1(CS(N)(=O)=O)CCCCC1. The van der Waals surface area contributed by atoms with Crippen molar-refractivity contribution in [3.8, 4) is 5.88 Å². The summed E-state index contributed by atoms with van der Waals surface area (Å²) in [4.78, 5) is 4.07. The highest BCUT2D eigenvalue weighted by Gasteiger charge is 2.37. The molecule has 0 unspecified atom stereocenters. The van der Waals surface area contributed by atoms with E-state index in [0.29, 0.717) is 11.5 Å². The van der Waals surface area contributed by atoms with Crippen LogP contribution in [-0.4, -0.2) is 40.6 Å². The van der Waals surface area contributed by atoms with Crippen LogP contribution in [0.3, 0.4) is 0 Å². The minimum absolute atomic E-state index is 0.0510. The first-order valence-electron chi connectivity index (χ1n) is 7.68. The van der Waals surface area contributed by atoms with Crippen molar-refractivity contribution >= 4 is 15.7 Å². The lowest BCUT2D eigenvalue weighted by molar-refractivity contribution is 0.113. The Hall–Kier alpha value is -1.74. The summed E-state index contributed by atoms with van der Waals surface area (Å²) in [6.45, 7) is 2.17. The Balaban J connectivity index is 1.80. The highest BCUT2D eigenvalue weighted by molar-refractivity contribution is 7.89. The normalized spacial score (nSPS) is 18.2. The van der Waals surface area contributed by atoms with Crippen LogP contribution < -0.4 is 9.88 Å². The Kier molecular flexibility index (Phi) is 4.24. The first-order valence-corrected chi connectivity index (χ1v) is 9.39. The van der Waals surface area contributed by atoms with E-state index in [2.05, 4.69) is 15.2 Å². The molecule has 3 rings (SSSR count). The molecule has 1 fully saturated rings. The fourth-order valence-electron chi connectivity index (χ4n) is 3.26. The first-order chi connectivity index (χ1) is 10.9. The number of hydrogen-bond donors (Lipinski definition) is 1. The Morgan fingerprint density at radius 2 is 2.09 bits per heavy atom. The Morgan fingerprint density at radius 3 is 2.78 bits per heavy atom. The van der Waals surface area contributed by atoms with Crippen LogP contribution in [-0.2, 0) is 10.0 Å². The number of ether oxygens (including phenoxy) is 1. The van der Waals surface area contributed by atoms with E-state index in [0.717, 1.165) is 37.7 Å². The Bertz CT molecular complexity index is 796. The van der Waals surface area contributed by atoms with Crippen molar-refractivity contribution in [2.75, 3.05) is 12.4 Å². The molecule has 0 aliphatic heterocycles. The fourth-order valence-corrected chi connectivity index (χ4v) is 4.49. The maximum atomic E-state index is 11.6. The van der Waals surface area contributed by atoms with Crippen molar-refractivity contribution in [1.82, 2.24) is 19.8 Å². The van der Waals surface area contributed by atoms with Crippen LogP contribution in [0, 0.1) is 12.3 Å². The second-order valence-electron chi connectivity index (χ2n) is 6.40. The molecular formula is C14H21N5O3S. The highest BCUT2D eigenvalue weighted by Crippen LogP contribution is 2.37. The Labute approximate surface area is 135 Å². The van der Waals surface area contributed by atoms with Gasteiger partial charge in [0.2, 0.25) is 15.9 Å². The van der Waals surface area contributed by atoms with E-state index >= 15 is 0 Å². The molecule has 2 aromatic rings. The van der Waals surface area contributed by atoms with Crippen LogP contribution >= 0.6 is 0 Å². The molecule has 0 amide bonds. The minimum atomic E-state index is -3.55. The molecule has 1 aliphatic rings. The van der Waals surface area contributed by atoms with E-state index < -0.39 is 15.4 Å². The van der Waals surface area contributed by atoms with Gasteiger partial charge in [0.25, 0.3) is 0 Å². The van der Waals surface area contributed by atoms with Crippen LogP contribution in [0.15, 0.2) is 12.4 Å². The molecule has 1 aliphatic carbocycles. The average Bonchev–Trinajstić information content (AvgIpc) is 2.91. The third-order valence-corrected chi connectivity index (χ3v) is 5.38. The molecule has 2 heterocycles. The lowest BCUT2D eigenvalue weighted by Gasteiger charge is -2.36. The molecular weight excluding hydrogens is 318 g/mol. The topological polar surface area (TPSA) is 112 Å². The lowest BCUT2D eigenvalue weighted by Crippen LogP contribution is -2.40. The van der Waals surface area contributed by atoms with Crippen molar-refractivity contribution in [3.63, 3.8) is 0 Å². The van der Waals surface area contributed by atoms with Gasteiger partial charge < -0.3 is 4.74 Å². The number of nitrogens with two attached hydrogens (primary N) is 1. The number of nitrogens with zero attached hydrogens (tertiary/aromatic N) is 4. The second kappa shape index (κ2) is 6.04. The molecule has 0 aromatic carbocycles. The maximum absolute atomic E-state index is 11.6. The van der Waals surface area contributed by atoms with Crippen LogP contribution in [0.2, 0.25) is 0 Å². The predicted molar refractivity (Wildman–Crippen MR) is 84.5 cm³/mol. The van der Waals surface area contributed by atoms with Gasteiger partial charge in [-0.3, -0.25) is 0 Å². The van der Waals surface area contributed by atoms with Gasteiger partial charge in [0.15, 0.2) is 5.65 Å². The van der Waals surface area contributed by atoms with Gasteiger partial charge >= 0.3 is 0 Å². The molecule has 0 radical (unpaired) electrons. The quantitative estimate of drug-likeness (QED) is 0.871. The van der Waals surface area contributed by atoms with Crippen LogP contribution in [0.1, 0.15) is 37.7 Å². The smallest absolute Gasteiger partial charge is 0.236 e. The molecule has 0 saturated heterocycles. The van der Waals surface area contributed by atoms with E-state index in [1.54, 1.807) is 0 Å². The third kappa shape index (κ3) is 3.78. The molecule has 2 aromatic heterocycles. The van der Waals surface area contributed by atoms with Crippen LogP contribution in [0.5, 0.6) is 5.88 Å². The van der Waals surface area contributed by atoms with Gasteiger partial charge in [-0.25, -0.2) is 18.5 Å². The number of rotatable bonds is 5. The second-order valence-corrected chi connectivity index (χ2v) is 8.01. The average molecular weight is 339 g/mol. The van der Waals surface area contributed by atoms with Gasteiger partial charge in [0.1, 0.15) is 6.33 Å². The largest absolute Gasteiger partial charge is 0.476 e. The lowest BCUT2D eigenvalue weighted by atomic mass is 9.76. The van der Waals surface area contributed by atoms with Gasteiger partial charge in [-0.15, -0.1) is 14.8 Å². The molecule has 0 bridgehead atoms. The molecule has 0 atom stereocenters. The number of aromatic nitrogens is 4. The molecule has 126 valence electrons. The van der Waals surface area contributed by atoms with Crippen molar-refractivity contribution < 1.29 is 13.2 Å². The zero-order valence-electron chi connectivity index (χ0n) is 13.1. The van der Waals surface area contributed by atoms with Gasteiger partial charge in [-0.2, -0.15) is 0 Å². The van der Waals surface area contributed by atoms with Crippen molar-refractivity contribution in [1.29, 1.82) is 0 Å². The summed E-state index contributed by atoms with van der Waals surface area (Å²) in [6.07, 6.45) is 6.13. The summed E-state index contributed by atoms with van der Waals surface area (Å²) >= 11 is 0. The number of fused-ring (bicyclic) bond motifs is 1. The van der Waals surface area contributed by atoms with Crippen molar-refractivity contribution in [3.05, 3.63) is 18.0 Å². The highest BCUT2D eigenvalue weighted by atomic mass is 32.2. The standard InChI is InChI=1S/C14H21N5O3S/c1-11-7-12-16-10-17-19(12)18-13(11)22-8-14(9-23(15,20)21)5-3-2-4-6-14/h7,10H,2-6,8-9H2,1H3,(H2,15,20,21). The summed E-state index contributed by atoms with van der Waals surface area (Å²) in [5.74, 6) is 0.396. The van der Waals surface area contributed by atoms with Crippen LogP contribution in [0.25, 0.3) is 5.65 Å². The minimum Gasteiger partial charge on any atom is -0.476 e. The molecule has 2 N–H and O–H groups in total. The number of hydrogen-bond acceptors (Lipinski definition) is 6. The third-order valence-electron chi connectivity index (χ3n) is 4.36.